The molecule has 2 aliphatic rings. The summed E-state index contributed by atoms with van der Waals surface area (Å²) in [6.07, 6.45) is 10.1. The van der Waals surface area contributed by atoms with E-state index in [-0.39, 0.29) is 11.8 Å². The number of hydrogen-bond acceptors (Lipinski definition) is 4. The van der Waals surface area contributed by atoms with E-state index in [1.54, 1.807) is 0 Å². The van der Waals surface area contributed by atoms with Gasteiger partial charge in [0, 0.05) is 48.9 Å². The van der Waals surface area contributed by atoms with Crippen LogP contribution in [-0.2, 0) is 4.79 Å². The number of allylic oxidation sites excluding steroid dienone is 1. The van der Waals surface area contributed by atoms with Crippen LogP contribution in [0.2, 0.25) is 0 Å². The molecule has 0 unspecified atom stereocenters. The van der Waals surface area contributed by atoms with Crippen LogP contribution < -0.4 is 10.2 Å². The van der Waals surface area contributed by atoms with Gasteiger partial charge in [0.25, 0.3) is 0 Å². The number of benzene rings is 1. The fraction of sp³-hybridized carbons (Fsp3) is 0.464. The Hall–Kier alpha value is -3.15. The van der Waals surface area contributed by atoms with Gasteiger partial charge < -0.3 is 10.2 Å². The molecule has 0 atom stereocenters. The summed E-state index contributed by atoms with van der Waals surface area (Å²) in [4.78, 5) is 19.8. The summed E-state index contributed by atoms with van der Waals surface area (Å²) in [6, 6.07) is 12.6. The Kier molecular flexibility index (Phi) is 6.66. The molecule has 1 fully saturated rings. The van der Waals surface area contributed by atoms with Crippen molar-refractivity contribution < 1.29 is 4.79 Å². The summed E-state index contributed by atoms with van der Waals surface area (Å²) in [7, 11) is 0. The molecule has 0 spiro atoms. The van der Waals surface area contributed by atoms with E-state index in [4.69, 9.17) is 10.1 Å². The van der Waals surface area contributed by atoms with Crippen molar-refractivity contribution in [3.63, 3.8) is 0 Å². The second-order valence-electron chi connectivity index (χ2n) is 9.83. The molecular formula is C28H35N5O. The first-order chi connectivity index (χ1) is 16.6. The summed E-state index contributed by atoms with van der Waals surface area (Å²) in [5.74, 6) is 1.37. The Bertz CT molecular complexity index is 1190. The number of rotatable bonds is 6. The molecule has 34 heavy (non-hydrogen) atoms. The van der Waals surface area contributed by atoms with Crippen LogP contribution in [0.3, 0.4) is 0 Å². The molecule has 0 bridgehead atoms. The third kappa shape index (κ3) is 5.01. The largest absolute Gasteiger partial charge is 0.356 e. The first-order valence-electron chi connectivity index (χ1n) is 12.7. The molecule has 6 heteroatoms. The highest BCUT2D eigenvalue weighted by molar-refractivity contribution is 5.79. The summed E-state index contributed by atoms with van der Waals surface area (Å²) in [6.45, 7) is 6.59. The van der Waals surface area contributed by atoms with Crippen molar-refractivity contribution in [2.24, 2.45) is 5.92 Å². The highest BCUT2D eigenvalue weighted by atomic mass is 16.1. The molecule has 0 saturated carbocycles. The van der Waals surface area contributed by atoms with E-state index in [1.807, 2.05) is 11.4 Å². The van der Waals surface area contributed by atoms with Gasteiger partial charge in [0.05, 0.1) is 5.69 Å². The van der Waals surface area contributed by atoms with E-state index < -0.39 is 0 Å². The average molecular weight is 458 g/mol. The number of carbonyl (C=O) groups is 1. The molecule has 1 aliphatic carbocycles. The number of piperidine rings is 1. The number of amides is 1. The minimum atomic E-state index is 0.0933. The minimum Gasteiger partial charge on any atom is -0.356 e. The van der Waals surface area contributed by atoms with Gasteiger partial charge in [0.15, 0.2) is 5.65 Å². The number of carbonyl (C=O) groups excluding carboxylic acids is 1. The maximum absolute atomic E-state index is 12.8. The van der Waals surface area contributed by atoms with Gasteiger partial charge >= 0.3 is 0 Å². The number of nitrogens with one attached hydrogen (secondary N) is 1. The zero-order chi connectivity index (χ0) is 23.5. The van der Waals surface area contributed by atoms with E-state index in [0.29, 0.717) is 0 Å². The number of anilines is 1. The minimum absolute atomic E-state index is 0.0933. The standard InChI is InChI=1S/C28H35N5O/c1-20-8-10-23(11-9-20)25-19-26-30-21(2)18-27(33(26)31-25)32-16-13-24(14-17-32)28(34)29-15-12-22-6-4-3-5-7-22/h6,8-11,18-19,24H,3-5,7,12-17H2,1-2H3,(H,29,34). The Morgan fingerprint density at radius 3 is 2.62 bits per heavy atom. The van der Waals surface area contributed by atoms with Crippen molar-refractivity contribution in [1.82, 2.24) is 19.9 Å². The first-order valence-corrected chi connectivity index (χ1v) is 12.7. The summed E-state index contributed by atoms with van der Waals surface area (Å²) in [5, 5.41) is 8.09. The SMILES string of the molecule is Cc1ccc(-c2cc3nc(C)cc(N4CCC(C(=O)NCCC5=CCCCC5)CC4)n3n2)cc1. The zero-order valence-corrected chi connectivity index (χ0v) is 20.4. The predicted molar refractivity (Wildman–Crippen MR) is 137 cm³/mol. The van der Waals surface area contributed by atoms with Crippen LogP contribution in [0.4, 0.5) is 5.82 Å². The summed E-state index contributed by atoms with van der Waals surface area (Å²) < 4.78 is 1.96. The lowest BCUT2D eigenvalue weighted by atomic mass is 9.95. The molecule has 3 heterocycles. The lowest BCUT2D eigenvalue weighted by molar-refractivity contribution is -0.125. The fourth-order valence-electron chi connectivity index (χ4n) is 5.16. The fourth-order valence-corrected chi connectivity index (χ4v) is 5.16. The molecule has 1 saturated heterocycles. The summed E-state index contributed by atoms with van der Waals surface area (Å²) in [5.41, 5.74) is 6.63. The molecule has 5 rings (SSSR count). The van der Waals surface area contributed by atoms with Crippen molar-refractivity contribution in [2.75, 3.05) is 24.5 Å². The van der Waals surface area contributed by atoms with Crippen LogP contribution in [0.15, 0.2) is 48.0 Å². The molecule has 2 aromatic heterocycles. The highest BCUT2D eigenvalue weighted by Crippen LogP contribution is 2.27. The monoisotopic (exact) mass is 457 g/mol. The molecule has 3 aromatic rings. The third-order valence-corrected chi connectivity index (χ3v) is 7.20. The molecule has 1 aliphatic heterocycles. The highest BCUT2D eigenvalue weighted by Gasteiger charge is 2.26. The van der Waals surface area contributed by atoms with E-state index in [2.05, 4.69) is 59.6 Å². The maximum atomic E-state index is 12.8. The lowest BCUT2D eigenvalue weighted by Gasteiger charge is -2.33. The number of hydrogen-bond donors (Lipinski definition) is 1. The second-order valence-corrected chi connectivity index (χ2v) is 9.83. The van der Waals surface area contributed by atoms with Crippen LogP contribution in [0.25, 0.3) is 16.9 Å². The average Bonchev–Trinajstić information content (AvgIpc) is 3.28. The van der Waals surface area contributed by atoms with Crippen LogP contribution in [0.5, 0.6) is 0 Å². The number of fused-ring (bicyclic) bond motifs is 1. The molecule has 6 nitrogen and oxygen atoms in total. The Morgan fingerprint density at radius 2 is 1.88 bits per heavy atom. The lowest BCUT2D eigenvalue weighted by Crippen LogP contribution is -2.41. The van der Waals surface area contributed by atoms with Gasteiger partial charge in [-0.15, -0.1) is 0 Å². The number of aryl methyl sites for hydroxylation is 2. The van der Waals surface area contributed by atoms with Gasteiger partial charge in [-0.2, -0.15) is 9.61 Å². The van der Waals surface area contributed by atoms with E-state index in [1.165, 1.54) is 36.8 Å². The summed E-state index contributed by atoms with van der Waals surface area (Å²) >= 11 is 0. The van der Waals surface area contributed by atoms with E-state index in [0.717, 1.165) is 67.3 Å². The van der Waals surface area contributed by atoms with Crippen molar-refractivity contribution in [3.05, 3.63) is 59.3 Å². The Balaban J connectivity index is 1.24. The molecule has 1 N–H and O–H groups in total. The number of nitrogens with zero attached hydrogens (tertiary/aromatic N) is 4. The molecular weight excluding hydrogens is 422 g/mol. The van der Waals surface area contributed by atoms with Crippen LogP contribution in [0.1, 0.15) is 56.2 Å². The third-order valence-electron chi connectivity index (χ3n) is 7.20. The topological polar surface area (TPSA) is 62.5 Å². The molecule has 178 valence electrons. The quantitative estimate of drug-likeness (QED) is 0.515. The van der Waals surface area contributed by atoms with Gasteiger partial charge in [-0.3, -0.25) is 4.79 Å². The van der Waals surface area contributed by atoms with Crippen LogP contribution in [0, 0.1) is 19.8 Å². The van der Waals surface area contributed by atoms with Gasteiger partial charge in [0.1, 0.15) is 5.82 Å². The predicted octanol–water partition coefficient (Wildman–Crippen LogP) is 5.24. The number of aromatic nitrogens is 3. The zero-order valence-electron chi connectivity index (χ0n) is 20.4. The smallest absolute Gasteiger partial charge is 0.223 e. The first kappa shape index (κ1) is 22.6. The molecule has 1 amide bonds. The second kappa shape index (κ2) is 10.00. The normalized spacial score (nSPS) is 17.1. The van der Waals surface area contributed by atoms with Crippen molar-refractivity contribution in [2.45, 2.75) is 58.8 Å². The van der Waals surface area contributed by atoms with Crippen LogP contribution in [-0.4, -0.2) is 40.1 Å². The molecule has 0 radical (unpaired) electrons. The van der Waals surface area contributed by atoms with Crippen molar-refractivity contribution >= 4 is 17.4 Å². The van der Waals surface area contributed by atoms with Crippen molar-refractivity contribution in [1.29, 1.82) is 0 Å². The Labute approximate surface area is 202 Å². The van der Waals surface area contributed by atoms with E-state index >= 15 is 0 Å². The molecule has 1 aromatic carbocycles. The van der Waals surface area contributed by atoms with Crippen molar-refractivity contribution in [3.8, 4) is 11.3 Å². The maximum Gasteiger partial charge on any atom is 0.223 e. The van der Waals surface area contributed by atoms with Gasteiger partial charge in [-0.1, -0.05) is 41.5 Å². The van der Waals surface area contributed by atoms with E-state index in [9.17, 15) is 4.79 Å². The van der Waals surface area contributed by atoms with Gasteiger partial charge in [-0.05, 0) is 58.8 Å². The van der Waals surface area contributed by atoms with Crippen LogP contribution >= 0.6 is 0 Å². The Morgan fingerprint density at radius 1 is 1.09 bits per heavy atom. The van der Waals surface area contributed by atoms with Gasteiger partial charge in [0.2, 0.25) is 5.91 Å². The van der Waals surface area contributed by atoms with Gasteiger partial charge in [-0.25, -0.2) is 4.98 Å².